The zero-order valence-electron chi connectivity index (χ0n) is 11.1. The topological polar surface area (TPSA) is 59.2 Å². The standard InChI is InChI=1S/C13H21N3OS/c1-9(2)12-15-11(8-18-12)13(17)16-6-3-4-10(14)5-7-16/h8-10H,3-7,14H2,1-2H3. The van der Waals surface area contributed by atoms with E-state index in [1.54, 1.807) is 11.3 Å². The summed E-state index contributed by atoms with van der Waals surface area (Å²) in [6.07, 6.45) is 2.90. The van der Waals surface area contributed by atoms with Crippen LogP contribution in [0.3, 0.4) is 0 Å². The molecule has 1 amide bonds. The van der Waals surface area contributed by atoms with Gasteiger partial charge in [-0.3, -0.25) is 4.79 Å². The first kappa shape index (κ1) is 13.5. The average molecular weight is 267 g/mol. The third-order valence-electron chi connectivity index (χ3n) is 3.29. The van der Waals surface area contributed by atoms with E-state index in [2.05, 4.69) is 18.8 Å². The van der Waals surface area contributed by atoms with Crippen LogP contribution in [0.2, 0.25) is 0 Å². The Morgan fingerprint density at radius 1 is 1.50 bits per heavy atom. The molecular formula is C13H21N3OS. The molecule has 4 nitrogen and oxygen atoms in total. The normalized spacial score (nSPS) is 21.1. The van der Waals surface area contributed by atoms with Crippen molar-refractivity contribution in [3.05, 3.63) is 16.1 Å². The summed E-state index contributed by atoms with van der Waals surface area (Å²) in [6, 6.07) is 0.240. The van der Waals surface area contributed by atoms with Crippen molar-refractivity contribution in [2.24, 2.45) is 5.73 Å². The molecule has 2 heterocycles. The Kier molecular flexibility index (Phi) is 4.35. The number of hydrogen-bond acceptors (Lipinski definition) is 4. The van der Waals surface area contributed by atoms with E-state index < -0.39 is 0 Å². The number of aromatic nitrogens is 1. The van der Waals surface area contributed by atoms with Gasteiger partial charge in [-0.1, -0.05) is 13.8 Å². The maximum absolute atomic E-state index is 12.3. The minimum Gasteiger partial charge on any atom is -0.337 e. The Morgan fingerprint density at radius 3 is 2.94 bits per heavy atom. The van der Waals surface area contributed by atoms with E-state index in [0.29, 0.717) is 11.6 Å². The van der Waals surface area contributed by atoms with E-state index in [9.17, 15) is 4.79 Å². The van der Waals surface area contributed by atoms with Crippen LogP contribution in [-0.4, -0.2) is 34.9 Å². The molecule has 1 fully saturated rings. The van der Waals surface area contributed by atoms with E-state index in [0.717, 1.165) is 37.4 Å². The predicted molar refractivity (Wildman–Crippen MR) is 73.9 cm³/mol. The summed E-state index contributed by atoms with van der Waals surface area (Å²) >= 11 is 1.57. The van der Waals surface area contributed by atoms with Crippen molar-refractivity contribution in [2.45, 2.75) is 45.1 Å². The van der Waals surface area contributed by atoms with E-state index in [1.165, 1.54) is 0 Å². The van der Waals surface area contributed by atoms with Crippen molar-refractivity contribution in [3.8, 4) is 0 Å². The van der Waals surface area contributed by atoms with Gasteiger partial charge in [-0.05, 0) is 19.3 Å². The molecule has 100 valence electrons. The lowest BCUT2D eigenvalue weighted by Crippen LogP contribution is -2.33. The molecule has 2 rings (SSSR count). The molecule has 0 radical (unpaired) electrons. The van der Waals surface area contributed by atoms with E-state index in [-0.39, 0.29) is 11.9 Å². The molecule has 0 aromatic carbocycles. The van der Waals surface area contributed by atoms with Gasteiger partial charge in [0.2, 0.25) is 0 Å². The van der Waals surface area contributed by atoms with Crippen LogP contribution in [0.25, 0.3) is 0 Å². The summed E-state index contributed by atoms with van der Waals surface area (Å²) < 4.78 is 0. The molecule has 18 heavy (non-hydrogen) atoms. The Balaban J connectivity index is 2.05. The smallest absolute Gasteiger partial charge is 0.273 e. The highest BCUT2D eigenvalue weighted by Gasteiger charge is 2.22. The van der Waals surface area contributed by atoms with Gasteiger partial charge in [-0.25, -0.2) is 4.98 Å². The van der Waals surface area contributed by atoms with Crippen molar-refractivity contribution in [1.82, 2.24) is 9.88 Å². The first-order chi connectivity index (χ1) is 8.58. The molecule has 1 atom stereocenters. The molecule has 0 bridgehead atoms. The fourth-order valence-electron chi connectivity index (χ4n) is 2.14. The van der Waals surface area contributed by atoms with Crippen LogP contribution in [0.4, 0.5) is 0 Å². The van der Waals surface area contributed by atoms with E-state index >= 15 is 0 Å². The molecule has 1 aliphatic rings. The minimum atomic E-state index is 0.0623. The van der Waals surface area contributed by atoms with Gasteiger partial charge in [0.15, 0.2) is 0 Å². The highest BCUT2D eigenvalue weighted by molar-refractivity contribution is 7.09. The first-order valence-corrected chi connectivity index (χ1v) is 7.46. The van der Waals surface area contributed by atoms with Crippen LogP contribution in [0.15, 0.2) is 5.38 Å². The first-order valence-electron chi connectivity index (χ1n) is 6.58. The number of likely N-dealkylation sites (tertiary alicyclic amines) is 1. The molecule has 2 N–H and O–H groups in total. The molecule has 0 spiro atoms. The Bertz CT molecular complexity index is 416. The molecule has 1 aromatic rings. The van der Waals surface area contributed by atoms with Gasteiger partial charge in [-0.15, -0.1) is 11.3 Å². The van der Waals surface area contributed by atoms with Gasteiger partial charge in [0.05, 0.1) is 5.01 Å². The van der Waals surface area contributed by atoms with Crippen LogP contribution in [0, 0.1) is 0 Å². The number of carbonyl (C=O) groups is 1. The van der Waals surface area contributed by atoms with Crippen LogP contribution in [-0.2, 0) is 0 Å². The van der Waals surface area contributed by atoms with Crippen molar-refractivity contribution in [2.75, 3.05) is 13.1 Å². The fourth-order valence-corrected chi connectivity index (χ4v) is 2.95. The van der Waals surface area contributed by atoms with Crippen LogP contribution < -0.4 is 5.73 Å². The maximum Gasteiger partial charge on any atom is 0.273 e. The third kappa shape index (κ3) is 3.09. The number of rotatable bonds is 2. The van der Waals surface area contributed by atoms with E-state index in [1.807, 2.05) is 10.3 Å². The largest absolute Gasteiger partial charge is 0.337 e. The summed E-state index contributed by atoms with van der Waals surface area (Å²) in [6.45, 7) is 5.76. The molecular weight excluding hydrogens is 246 g/mol. The average Bonchev–Trinajstić information content (AvgIpc) is 2.73. The zero-order chi connectivity index (χ0) is 13.1. The molecule has 1 saturated heterocycles. The lowest BCUT2D eigenvalue weighted by Gasteiger charge is -2.19. The van der Waals surface area contributed by atoms with Crippen molar-refractivity contribution in [1.29, 1.82) is 0 Å². The van der Waals surface area contributed by atoms with Gasteiger partial charge in [-0.2, -0.15) is 0 Å². The minimum absolute atomic E-state index is 0.0623. The van der Waals surface area contributed by atoms with Gasteiger partial charge < -0.3 is 10.6 Å². The quantitative estimate of drug-likeness (QED) is 0.894. The highest BCUT2D eigenvalue weighted by Crippen LogP contribution is 2.21. The molecule has 5 heteroatoms. The van der Waals surface area contributed by atoms with Crippen LogP contribution in [0.1, 0.15) is 54.5 Å². The fraction of sp³-hybridized carbons (Fsp3) is 0.692. The Morgan fingerprint density at radius 2 is 2.28 bits per heavy atom. The number of nitrogens with zero attached hydrogens (tertiary/aromatic N) is 2. The second-order valence-corrected chi connectivity index (χ2v) is 6.10. The predicted octanol–water partition coefficient (Wildman–Crippen LogP) is 2.22. The van der Waals surface area contributed by atoms with Crippen molar-refractivity contribution >= 4 is 17.2 Å². The summed E-state index contributed by atoms with van der Waals surface area (Å²) in [7, 11) is 0. The lowest BCUT2D eigenvalue weighted by atomic mass is 10.1. The summed E-state index contributed by atoms with van der Waals surface area (Å²) in [5.41, 5.74) is 6.52. The van der Waals surface area contributed by atoms with Crippen LogP contribution in [0.5, 0.6) is 0 Å². The number of hydrogen-bond donors (Lipinski definition) is 1. The SMILES string of the molecule is CC(C)c1nc(C(=O)N2CCCC(N)CC2)cs1. The second-order valence-electron chi connectivity index (χ2n) is 5.21. The maximum atomic E-state index is 12.3. The van der Waals surface area contributed by atoms with Gasteiger partial charge >= 0.3 is 0 Å². The monoisotopic (exact) mass is 267 g/mol. The Labute approximate surface area is 112 Å². The van der Waals surface area contributed by atoms with Gasteiger partial charge in [0.1, 0.15) is 5.69 Å². The highest BCUT2D eigenvalue weighted by atomic mass is 32.1. The summed E-state index contributed by atoms with van der Waals surface area (Å²) in [5, 5.41) is 2.91. The molecule has 1 aliphatic heterocycles. The summed E-state index contributed by atoms with van der Waals surface area (Å²) in [4.78, 5) is 18.6. The molecule has 0 aliphatic carbocycles. The second kappa shape index (κ2) is 5.80. The van der Waals surface area contributed by atoms with E-state index in [4.69, 9.17) is 5.73 Å². The van der Waals surface area contributed by atoms with Crippen LogP contribution >= 0.6 is 11.3 Å². The Hall–Kier alpha value is -0.940. The third-order valence-corrected chi connectivity index (χ3v) is 4.44. The number of amides is 1. The van der Waals surface area contributed by atoms with Gasteiger partial charge in [0.25, 0.3) is 5.91 Å². The number of thiazole rings is 1. The molecule has 1 aromatic heterocycles. The molecule has 1 unspecified atom stereocenters. The summed E-state index contributed by atoms with van der Waals surface area (Å²) in [5.74, 6) is 0.446. The number of nitrogens with two attached hydrogens (primary N) is 1. The van der Waals surface area contributed by atoms with Crippen molar-refractivity contribution in [3.63, 3.8) is 0 Å². The van der Waals surface area contributed by atoms with Gasteiger partial charge in [0, 0.05) is 30.4 Å². The van der Waals surface area contributed by atoms with Crippen molar-refractivity contribution < 1.29 is 4.79 Å². The zero-order valence-corrected chi connectivity index (χ0v) is 11.9. The number of carbonyl (C=O) groups excluding carboxylic acids is 1. The lowest BCUT2D eigenvalue weighted by molar-refractivity contribution is 0.0756. The molecule has 0 saturated carbocycles.